The average molecular weight is 353 g/mol. The van der Waals surface area contributed by atoms with E-state index in [2.05, 4.69) is 14.9 Å². The van der Waals surface area contributed by atoms with Crippen molar-refractivity contribution in [3.8, 4) is 5.75 Å². The quantitative estimate of drug-likeness (QED) is 0.784. The normalized spacial score (nSPS) is 16.5. The number of rotatable bonds is 5. The summed E-state index contributed by atoms with van der Waals surface area (Å²) in [6, 6.07) is 5.73. The van der Waals surface area contributed by atoms with E-state index in [0.717, 1.165) is 16.7 Å². The second-order valence-electron chi connectivity index (χ2n) is 5.70. The van der Waals surface area contributed by atoms with Gasteiger partial charge in [-0.1, -0.05) is 6.07 Å². The van der Waals surface area contributed by atoms with Crippen molar-refractivity contribution in [3.63, 3.8) is 0 Å². The summed E-state index contributed by atoms with van der Waals surface area (Å²) >= 11 is 0. The summed E-state index contributed by atoms with van der Waals surface area (Å²) in [6.07, 6.45) is 2.24. The van der Waals surface area contributed by atoms with E-state index in [-0.39, 0.29) is 6.10 Å². The van der Waals surface area contributed by atoms with E-state index in [4.69, 9.17) is 19.3 Å². The molecule has 8 nitrogen and oxygen atoms in total. The lowest BCUT2D eigenvalue weighted by molar-refractivity contribution is 0.0573. The highest BCUT2D eigenvalue weighted by molar-refractivity contribution is 7.51. The lowest BCUT2D eigenvalue weighted by atomic mass is 10.1. The lowest BCUT2D eigenvalue weighted by Gasteiger charge is -2.33. The smallest absolute Gasteiger partial charge is 0.350 e. The summed E-state index contributed by atoms with van der Waals surface area (Å²) in [7, 11) is -2.51. The van der Waals surface area contributed by atoms with E-state index < -0.39 is 13.9 Å². The van der Waals surface area contributed by atoms with Crippen LogP contribution < -0.4 is 9.64 Å². The van der Waals surface area contributed by atoms with Crippen LogP contribution in [0.15, 0.2) is 24.5 Å². The van der Waals surface area contributed by atoms with Gasteiger partial charge < -0.3 is 24.2 Å². The summed E-state index contributed by atoms with van der Waals surface area (Å²) < 4.78 is 21.6. The van der Waals surface area contributed by atoms with Gasteiger partial charge in [-0.15, -0.1) is 0 Å². The van der Waals surface area contributed by atoms with Crippen LogP contribution in [0.2, 0.25) is 0 Å². The number of aromatic nitrogens is 2. The number of anilines is 1. The summed E-state index contributed by atoms with van der Waals surface area (Å²) in [5, 5.41) is 0.923. The van der Waals surface area contributed by atoms with Crippen LogP contribution in [0.4, 0.5) is 5.82 Å². The minimum Gasteiger partial charge on any atom is -0.494 e. The van der Waals surface area contributed by atoms with Gasteiger partial charge in [0.15, 0.2) is 0 Å². The first kappa shape index (κ1) is 17.1. The Morgan fingerprint density at radius 3 is 2.71 bits per heavy atom. The van der Waals surface area contributed by atoms with Gasteiger partial charge in [0, 0.05) is 18.5 Å². The Hall–Kier alpha value is -1.73. The molecule has 0 unspecified atom stereocenters. The maximum absolute atomic E-state index is 10.9. The van der Waals surface area contributed by atoms with Crippen LogP contribution in [0.25, 0.3) is 10.9 Å². The first-order chi connectivity index (χ1) is 11.5. The molecular formula is C15H20N3O5P. The number of benzene rings is 1. The van der Waals surface area contributed by atoms with Gasteiger partial charge in [-0.25, -0.2) is 9.97 Å². The van der Waals surface area contributed by atoms with Crippen LogP contribution in [-0.2, 0) is 9.30 Å². The zero-order valence-electron chi connectivity index (χ0n) is 13.3. The number of para-hydroxylation sites is 1. The largest absolute Gasteiger partial charge is 0.494 e. The van der Waals surface area contributed by atoms with E-state index in [0.29, 0.717) is 31.7 Å². The van der Waals surface area contributed by atoms with Crippen molar-refractivity contribution in [2.75, 3.05) is 31.4 Å². The number of fused-ring (bicyclic) bond motifs is 1. The molecule has 2 aromatic rings. The molecule has 2 N–H and O–H groups in total. The van der Waals surface area contributed by atoms with E-state index in [1.807, 2.05) is 18.2 Å². The molecule has 1 saturated heterocycles. The van der Waals surface area contributed by atoms with Crippen LogP contribution in [0.1, 0.15) is 12.8 Å². The summed E-state index contributed by atoms with van der Waals surface area (Å²) in [6.45, 7) is 1.41. The molecular weight excluding hydrogens is 333 g/mol. The van der Waals surface area contributed by atoms with E-state index >= 15 is 0 Å². The van der Waals surface area contributed by atoms with Crippen molar-refractivity contribution in [1.82, 2.24) is 9.97 Å². The van der Waals surface area contributed by atoms with Crippen molar-refractivity contribution >= 4 is 24.3 Å². The molecule has 0 saturated carbocycles. The van der Waals surface area contributed by atoms with Gasteiger partial charge in [0.25, 0.3) is 0 Å². The Bertz CT molecular complexity index is 758. The first-order valence-electron chi connectivity index (χ1n) is 7.67. The zero-order chi connectivity index (χ0) is 17.2. The molecule has 1 aliphatic heterocycles. The van der Waals surface area contributed by atoms with Crippen LogP contribution in [0.3, 0.4) is 0 Å². The molecule has 1 aromatic heterocycles. The van der Waals surface area contributed by atoms with Crippen molar-refractivity contribution in [3.05, 3.63) is 24.5 Å². The molecule has 130 valence electrons. The maximum atomic E-state index is 10.9. The number of nitrogens with zero attached hydrogens (tertiary/aromatic N) is 3. The SMILES string of the molecule is COc1cccc2c(N3CCC(OCP(=O)(O)O)CC3)ncnc12. The van der Waals surface area contributed by atoms with Gasteiger partial charge in [0.1, 0.15) is 29.8 Å². The molecule has 2 heterocycles. The van der Waals surface area contributed by atoms with Gasteiger partial charge in [-0.2, -0.15) is 0 Å². The van der Waals surface area contributed by atoms with Crippen molar-refractivity contribution in [1.29, 1.82) is 0 Å². The third kappa shape index (κ3) is 3.84. The Morgan fingerprint density at radius 2 is 2.04 bits per heavy atom. The predicted molar refractivity (Wildman–Crippen MR) is 89.3 cm³/mol. The van der Waals surface area contributed by atoms with Crippen molar-refractivity contribution in [2.24, 2.45) is 0 Å². The molecule has 1 aromatic carbocycles. The van der Waals surface area contributed by atoms with Gasteiger partial charge in [-0.3, -0.25) is 4.57 Å². The second kappa shape index (κ2) is 7.03. The van der Waals surface area contributed by atoms with Crippen LogP contribution in [0.5, 0.6) is 5.75 Å². The maximum Gasteiger partial charge on any atom is 0.350 e. The highest BCUT2D eigenvalue weighted by atomic mass is 31.2. The van der Waals surface area contributed by atoms with Crippen LogP contribution in [-0.4, -0.2) is 52.4 Å². The fraction of sp³-hybridized carbons (Fsp3) is 0.467. The van der Waals surface area contributed by atoms with E-state index in [1.54, 1.807) is 7.11 Å². The highest BCUT2D eigenvalue weighted by Crippen LogP contribution is 2.36. The number of hydrogen-bond donors (Lipinski definition) is 2. The molecule has 24 heavy (non-hydrogen) atoms. The van der Waals surface area contributed by atoms with Crippen LogP contribution >= 0.6 is 7.60 Å². The Labute approximate surface area is 139 Å². The Kier molecular flexibility index (Phi) is 5.01. The average Bonchev–Trinajstić information content (AvgIpc) is 2.59. The lowest BCUT2D eigenvalue weighted by Crippen LogP contribution is -2.37. The second-order valence-corrected chi connectivity index (χ2v) is 7.29. The molecule has 0 spiro atoms. The molecule has 0 radical (unpaired) electrons. The fourth-order valence-electron chi connectivity index (χ4n) is 2.90. The minimum absolute atomic E-state index is 0.142. The highest BCUT2D eigenvalue weighted by Gasteiger charge is 2.24. The fourth-order valence-corrected chi connectivity index (χ4v) is 3.31. The van der Waals surface area contributed by atoms with E-state index in [9.17, 15) is 4.57 Å². The third-order valence-electron chi connectivity index (χ3n) is 4.05. The topological polar surface area (TPSA) is 105 Å². The number of piperidine rings is 1. The third-order valence-corrected chi connectivity index (χ3v) is 4.53. The Morgan fingerprint density at radius 1 is 1.29 bits per heavy atom. The molecule has 0 bridgehead atoms. The molecule has 1 fully saturated rings. The van der Waals surface area contributed by atoms with Gasteiger partial charge in [-0.05, 0) is 25.0 Å². The number of hydrogen-bond acceptors (Lipinski definition) is 6. The number of methoxy groups -OCH3 is 1. The molecule has 0 aliphatic carbocycles. The van der Waals surface area contributed by atoms with E-state index in [1.165, 1.54) is 6.33 Å². The molecule has 3 rings (SSSR count). The summed E-state index contributed by atoms with van der Waals surface area (Å²) in [5.41, 5.74) is 0.768. The standard InChI is InChI=1S/C15H20N3O5P/c1-22-13-4-2-3-12-14(13)16-9-17-15(12)18-7-5-11(6-8-18)23-10-24(19,20)21/h2-4,9,11H,5-8,10H2,1H3,(H2,19,20,21). The first-order valence-corrected chi connectivity index (χ1v) is 9.46. The monoisotopic (exact) mass is 353 g/mol. The van der Waals surface area contributed by atoms with Crippen LogP contribution in [0, 0.1) is 0 Å². The molecule has 9 heteroatoms. The van der Waals surface area contributed by atoms with Crippen molar-refractivity contribution < 1.29 is 23.8 Å². The molecule has 1 aliphatic rings. The minimum atomic E-state index is -4.12. The Balaban J connectivity index is 1.73. The van der Waals surface area contributed by atoms with Gasteiger partial charge >= 0.3 is 7.60 Å². The van der Waals surface area contributed by atoms with Gasteiger partial charge in [0.2, 0.25) is 0 Å². The van der Waals surface area contributed by atoms with Gasteiger partial charge in [0.05, 0.1) is 13.2 Å². The van der Waals surface area contributed by atoms with Crippen molar-refractivity contribution in [2.45, 2.75) is 18.9 Å². The zero-order valence-corrected chi connectivity index (χ0v) is 14.2. The summed E-state index contributed by atoms with van der Waals surface area (Å²) in [4.78, 5) is 28.6. The number of ether oxygens (including phenoxy) is 2. The predicted octanol–water partition coefficient (Wildman–Crippen LogP) is 1.76. The summed E-state index contributed by atoms with van der Waals surface area (Å²) in [5.74, 6) is 1.54. The molecule has 0 amide bonds. The molecule has 0 atom stereocenters.